The Morgan fingerprint density at radius 3 is 2.24 bits per heavy atom. The minimum atomic E-state index is -3.88. The molecule has 0 aliphatic carbocycles. The molecule has 0 saturated carbocycles. The van der Waals surface area contributed by atoms with E-state index in [2.05, 4.69) is 6.07 Å². The average Bonchev–Trinajstić information content (AvgIpc) is 3.49. The lowest BCUT2D eigenvalue weighted by Crippen LogP contribution is -2.44. The molecule has 0 saturated heterocycles. The van der Waals surface area contributed by atoms with Crippen LogP contribution in [0.2, 0.25) is 0 Å². The number of thiophene rings is 1. The molecule has 0 aliphatic heterocycles. The van der Waals surface area contributed by atoms with E-state index in [-0.39, 0.29) is 17.4 Å². The third-order valence-electron chi connectivity index (χ3n) is 5.56. The van der Waals surface area contributed by atoms with Crippen molar-refractivity contribution < 1.29 is 21.6 Å². The van der Waals surface area contributed by atoms with Gasteiger partial charge in [0, 0.05) is 12.2 Å². The van der Waals surface area contributed by atoms with Crippen molar-refractivity contribution in [2.24, 2.45) is 0 Å². The summed E-state index contributed by atoms with van der Waals surface area (Å²) in [5.41, 5.74) is 8.62. The molecule has 2 N–H and O–H groups in total. The van der Waals surface area contributed by atoms with Gasteiger partial charge in [0.1, 0.15) is 16.6 Å². The number of nitrogen functional groups attached to an aromatic ring is 1. The number of nitrogens with two attached hydrogens (primary N) is 1. The second-order valence-corrected chi connectivity index (χ2v) is 11.2. The van der Waals surface area contributed by atoms with Crippen LogP contribution in [0.1, 0.15) is 16.7 Å². The summed E-state index contributed by atoms with van der Waals surface area (Å²) in [4.78, 5) is 0. The van der Waals surface area contributed by atoms with Crippen LogP contribution < -0.4 is 10.5 Å². The number of nitrogens with zero attached hydrogens (tertiary/aromatic N) is 2. The lowest BCUT2D eigenvalue weighted by Gasteiger charge is -2.31. The van der Waals surface area contributed by atoms with Gasteiger partial charge in [0.2, 0.25) is 0 Å². The van der Waals surface area contributed by atoms with E-state index in [4.69, 9.17) is 18.9 Å². The summed E-state index contributed by atoms with van der Waals surface area (Å²) in [6.45, 7) is 0.151. The number of hydrogen-bond acceptors (Lipinski definition) is 8. The van der Waals surface area contributed by atoms with E-state index in [0.717, 1.165) is 16.9 Å². The number of rotatable bonds is 10. The highest BCUT2D eigenvalue weighted by Crippen LogP contribution is 2.28. The molecule has 0 fully saturated rings. The van der Waals surface area contributed by atoms with Crippen LogP contribution in [0.4, 0.5) is 5.69 Å². The Morgan fingerprint density at radius 2 is 1.63 bits per heavy atom. The molecule has 4 rings (SSSR count). The largest absolute Gasteiger partial charge is 0.492 e. The van der Waals surface area contributed by atoms with Crippen LogP contribution in [-0.2, 0) is 34.6 Å². The van der Waals surface area contributed by atoms with Gasteiger partial charge in [0.15, 0.2) is 0 Å². The van der Waals surface area contributed by atoms with Crippen LogP contribution in [0.25, 0.3) is 0 Å². The number of anilines is 1. The summed E-state index contributed by atoms with van der Waals surface area (Å²) in [5.74, 6) is 0.657. The molecule has 196 valence electrons. The summed E-state index contributed by atoms with van der Waals surface area (Å²) < 4.78 is 52.1. The number of sulfonamides is 1. The van der Waals surface area contributed by atoms with Crippen LogP contribution in [0.15, 0.2) is 101 Å². The zero-order valence-corrected chi connectivity index (χ0v) is 22.6. The number of para-hydroxylation sites is 1. The molecule has 0 unspecified atom stereocenters. The number of hydrogen-bond donors (Lipinski definition) is 1. The van der Waals surface area contributed by atoms with E-state index in [1.54, 1.807) is 35.7 Å². The first kappa shape index (κ1) is 28.7. The predicted octanol–water partition coefficient (Wildman–Crippen LogP) is 4.41. The molecular weight excluding hydrogens is 543 g/mol. The van der Waals surface area contributed by atoms with Gasteiger partial charge in [-0.2, -0.15) is 18.0 Å². The maximum atomic E-state index is 13.9. The van der Waals surface area contributed by atoms with Crippen molar-refractivity contribution in [2.75, 3.05) is 12.3 Å². The smallest absolute Gasteiger partial charge is 0.335 e. The Kier molecular flexibility index (Phi) is 10.7. The maximum Gasteiger partial charge on any atom is 0.335 e. The Labute approximate surface area is 229 Å². The van der Waals surface area contributed by atoms with E-state index < -0.39 is 27.6 Å². The van der Waals surface area contributed by atoms with Crippen molar-refractivity contribution in [3.05, 3.63) is 113 Å². The van der Waals surface area contributed by atoms with E-state index in [0.29, 0.717) is 29.0 Å². The van der Waals surface area contributed by atoms with E-state index >= 15 is 0 Å². The molecule has 1 atom stereocenters. The molecule has 38 heavy (non-hydrogen) atoms. The van der Waals surface area contributed by atoms with Crippen molar-refractivity contribution in [3.63, 3.8) is 0 Å². The molecular formula is C27H25N3O5S3. The summed E-state index contributed by atoms with van der Waals surface area (Å²) in [5, 5.41) is 11.1. The summed E-state index contributed by atoms with van der Waals surface area (Å²) in [6, 6.07) is 28.8. The van der Waals surface area contributed by atoms with Crippen molar-refractivity contribution in [2.45, 2.75) is 23.2 Å². The Balaban J connectivity index is 0.00000127. The van der Waals surface area contributed by atoms with Crippen molar-refractivity contribution >= 4 is 38.6 Å². The Morgan fingerprint density at radius 1 is 0.974 bits per heavy atom. The highest BCUT2D eigenvalue weighted by Gasteiger charge is 2.33. The quantitative estimate of drug-likeness (QED) is 0.281. The number of nitriles is 1. The monoisotopic (exact) mass is 567 g/mol. The second kappa shape index (κ2) is 14.2. The van der Waals surface area contributed by atoms with Crippen molar-refractivity contribution in [1.82, 2.24) is 4.31 Å². The molecule has 0 radical (unpaired) electrons. The summed E-state index contributed by atoms with van der Waals surface area (Å²) in [6.07, 6.45) is 0.441. The van der Waals surface area contributed by atoms with E-state index in [9.17, 15) is 13.7 Å². The first-order valence-electron chi connectivity index (χ1n) is 11.4. The lowest BCUT2D eigenvalue weighted by atomic mass is 10.0. The van der Waals surface area contributed by atoms with Crippen LogP contribution in [-0.4, -0.2) is 33.8 Å². The maximum absolute atomic E-state index is 13.9. The molecule has 1 aromatic heterocycles. The SMILES string of the molecule is N#Cc1ccc(N)c(CN([C@@H](COc2ccccc2)Cc2ccccc2)S(=O)(=O)c2cccs2)c1.O=S=O. The van der Waals surface area contributed by atoms with Gasteiger partial charge in [-0.3, -0.25) is 0 Å². The van der Waals surface area contributed by atoms with Crippen LogP contribution >= 0.6 is 11.3 Å². The predicted molar refractivity (Wildman–Crippen MR) is 147 cm³/mol. The average molecular weight is 568 g/mol. The van der Waals surface area contributed by atoms with Gasteiger partial charge in [-0.25, -0.2) is 8.42 Å². The van der Waals surface area contributed by atoms with Crippen LogP contribution in [0.5, 0.6) is 5.75 Å². The molecule has 8 nitrogen and oxygen atoms in total. The molecule has 3 aromatic carbocycles. The molecule has 0 bridgehead atoms. The number of benzene rings is 3. The fourth-order valence-electron chi connectivity index (χ4n) is 3.76. The molecule has 0 spiro atoms. The molecule has 4 aromatic rings. The number of ether oxygens (including phenoxy) is 1. The second-order valence-electron chi connectivity index (χ2n) is 8.04. The van der Waals surface area contributed by atoms with Crippen LogP contribution in [0, 0.1) is 11.3 Å². The van der Waals surface area contributed by atoms with E-state index in [1.165, 1.54) is 4.31 Å². The van der Waals surface area contributed by atoms with E-state index in [1.807, 2.05) is 60.7 Å². The van der Waals surface area contributed by atoms with Gasteiger partial charge in [-0.1, -0.05) is 54.6 Å². The molecule has 11 heteroatoms. The van der Waals surface area contributed by atoms with Gasteiger partial charge < -0.3 is 10.5 Å². The fraction of sp³-hybridized carbons (Fsp3) is 0.148. The topological polar surface area (TPSA) is 131 Å². The summed E-state index contributed by atoms with van der Waals surface area (Å²) >= 11 is 0.415. The Hall–Kier alpha value is -3.82. The fourth-order valence-corrected chi connectivity index (χ4v) is 6.46. The normalized spacial score (nSPS) is 11.6. The van der Waals surface area contributed by atoms with Gasteiger partial charge in [-0.15, -0.1) is 11.3 Å². The zero-order chi connectivity index (χ0) is 27.4. The zero-order valence-electron chi connectivity index (χ0n) is 20.2. The third kappa shape index (κ3) is 7.84. The lowest BCUT2D eigenvalue weighted by molar-refractivity contribution is 0.199. The van der Waals surface area contributed by atoms with Crippen LogP contribution in [0.3, 0.4) is 0 Å². The summed E-state index contributed by atoms with van der Waals surface area (Å²) in [7, 11) is -3.88. The van der Waals surface area contributed by atoms with Crippen molar-refractivity contribution in [1.29, 1.82) is 5.26 Å². The minimum Gasteiger partial charge on any atom is -0.492 e. The highest BCUT2D eigenvalue weighted by molar-refractivity contribution is 7.91. The Bertz CT molecular complexity index is 1480. The first-order chi connectivity index (χ1) is 18.4. The van der Waals surface area contributed by atoms with Gasteiger partial charge in [-0.05, 0) is 59.3 Å². The third-order valence-corrected chi connectivity index (χ3v) is 8.83. The standard InChI is InChI=1S/C27H25N3O3S2.O2S/c28-18-22-13-14-26(29)23(16-22)19-30(35(31,32)27-12-7-15-34-27)24(17-21-8-3-1-4-9-21)20-33-25-10-5-2-6-11-25;1-3-2/h1-16,24H,17,19-20,29H2;/t24-;/m1./s1. The van der Waals surface area contributed by atoms with Gasteiger partial charge in [0.25, 0.3) is 10.0 Å². The molecule has 0 aliphatic rings. The first-order valence-corrected chi connectivity index (χ1v) is 14.3. The molecule has 0 amide bonds. The minimum absolute atomic E-state index is 0.0111. The van der Waals surface area contributed by atoms with Crippen molar-refractivity contribution in [3.8, 4) is 11.8 Å². The van der Waals surface area contributed by atoms with Gasteiger partial charge >= 0.3 is 11.6 Å². The highest BCUT2D eigenvalue weighted by atomic mass is 32.2. The van der Waals surface area contributed by atoms with Gasteiger partial charge in [0.05, 0.1) is 17.7 Å². The molecule has 1 heterocycles.